The van der Waals surface area contributed by atoms with E-state index in [9.17, 15) is 9.59 Å². The van der Waals surface area contributed by atoms with E-state index >= 15 is 0 Å². The van der Waals surface area contributed by atoms with Crippen molar-refractivity contribution in [3.63, 3.8) is 0 Å². The standard InChI is InChI=1S/C30H36ClN3O5/c1-6-7-21(16-38-17-25(35)36)33-20-10-8-19-15-34(26(37)23(19)12-20)27-29(2,3)28(30(27,4)5)39-22-11-9-18(14-32)24(31)13-22/h8-13,21,27-28,33H,6-7,15-17H2,1-5H3,(H,35,36). The highest BCUT2D eigenvalue weighted by Crippen LogP contribution is 2.59. The van der Waals surface area contributed by atoms with Crippen molar-refractivity contribution in [3.8, 4) is 11.8 Å². The van der Waals surface area contributed by atoms with Crippen molar-refractivity contribution in [2.75, 3.05) is 18.5 Å². The van der Waals surface area contributed by atoms with Crippen LogP contribution in [-0.4, -0.2) is 53.3 Å². The third-order valence-corrected chi connectivity index (χ3v) is 8.19. The molecule has 0 saturated heterocycles. The average molecular weight is 554 g/mol. The Morgan fingerprint density at radius 2 is 1.95 bits per heavy atom. The van der Waals surface area contributed by atoms with Gasteiger partial charge in [-0.1, -0.05) is 58.7 Å². The molecule has 2 aromatic carbocycles. The number of nitrogens with one attached hydrogen (secondary N) is 1. The molecule has 4 rings (SSSR count). The molecule has 0 bridgehead atoms. The lowest BCUT2D eigenvalue weighted by Gasteiger charge is -2.65. The number of nitriles is 1. The van der Waals surface area contributed by atoms with E-state index in [-0.39, 0.29) is 48.1 Å². The zero-order valence-corrected chi connectivity index (χ0v) is 23.8. The Morgan fingerprint density at radius 3 is 2.56 bits per heavy atom. The lowest BCUT2D eigenvalue weighted by molar-refractivity contribution is -0.199. The third kappa shape index (κ3) is 5.57. The van der Waals surface area contributed by atoms with Gasteiger partial charge in [0.1, 0.15) is 24.5 Å². The van der Waals surface area contributed by atoms with E-state index < -0.39 is 5.97 Å². The summed E-state index contributed by atoms with van der Waals surface area (Å²) in [6.07, 6.45) is 1.55. The van der Waals surface area contributed by atoms with E-state index in [2.05, 4.69) is 46.0 Å². The van der Waals surface area contributed by atoms with Gasteiger partial charge in [-0.15, -0.1) is 0 Å². The van der Waals surface area contributed by atoms with Gasteiger partial charge < -0.3 is 24.8 Å². The fourth-order valence-electron chi connectivity index (χ4n) is 6.70. The van der Waals surface area contributed by atoms with Gasteiger partial charge in [-0.25, -0.2) is 4.79 Å². The van der Waals surface area contributed by atoms with E-state index in [0.717, 1.165) is 24.1 Å². The molecule has 1 fully saturated rings. The SMILES string of the molecule is CCCC(COCC(=O)O)Nc1ccc2c(c1)C(=O)N(C1C(C)(C)C(Oc3ccc(C#N)c(Cl)c3)C1(C)C)C2. The maximum Gasteiger partial charge on any atom is 0.329 e. The largest absolute Gasteiger partial charge is 0.489 e. The Kier molecular flexibility index (Phi) is 8.15. The molecule has 0 radical (unpaired) electrons. The first-order valence-electron chi connectivity index (χ1n) is 13.3. The molecule has 1 aliphatic carbocycles. The van der Waals surface area contributed by atoms with E-state index in [1.165, 1.54) is 0 Å². The van der Waals surface area contributed by atoms with Gasteiger partial charge in [-0.05, 0) is 36.2 Å². The highest BCUT2D eigenvalue weighted by atomic mass is 35.5. The van der Waals surface area contributed by atoms with Crippen LogP contribution in [0.2, 0.25) is 5.02 Å². The number of carboxylic acids is 1. The van der Waals surface area contributed by atoms with Crippen LogP contribution in [-0.2, 0) is 16.1 Å². The first-order valence-corrected chi connectivity index (χ1v) is 13.6. The van der Waals surface area contributed by atoms with Gasteiger partial charge in [-0.3, -0.25) is 4.79 Å². The van der Waals surface area contributed by atoms with Crippen molar-refractivity contribution in [1.29, 1.82) is 5.26 Å². The number of fused-ring (bicyclic) bond motifs is 1. The maximum atomic E-state index is 13.7. The molecule has 2 aromatic rings. The molecule has 1 aliphatic heterocycles. The zero-order chi connectivity index (χ0) is 28.5. The van der Waals surface area contributed by atoms with Gasteiger partial charge in [0.25, 0.3) is 5.91 Å². The van der Waals surface area contributed by atoms with Crippen LogP contribution in [0.15, 0.2) is 36.4 Å². The number of rotatable bonds is 11. The monoisotopic (exact) mass is 553 g/mol. The molecular formula is C30H36ClN3O5. The highest BCUT2D eigenvalue weighted by Gasteiger charge is 2.67. The molecule has 1 amide bonds. The number of halogens is 1. The van der Waals surface area contributed by atoms with E-state index in [0.29, 0.717) is 28.4 Å². The number of benzene rings is 2. The average Bonchev–Trinajstić information content (AvgIpc) is 3.16. The molecular weight excluding hydrogens is 518 g/mol. The Balaban J connectivity index is 1.48. The minimum Gasteiger partial charge on any atom is -0.489 e. The van der Waals surface area contributed by atoms with Crippen LogP contribution in [0, 0.1) is 22.2 Å². The lowest BCUT2D eigenvalue weighted by Crippen LogP contribution is -2.74. The summed E-state index contributed by atoms with van der Waals surface area (Å²) in [4.78, 5) is 26.5. The second-order valence-corrected chi connectivity index (χ2v) is 12.0. The molecule has 2 N–H and O–H groups in total. The number of nitrogens with zero attached hydrogens (tertiary/aromatic N) is 2. The number of amides is 1. The van der Waals surface area contributed by atoms with E-state index in [1.54, 1.807) is 18.2 Å². The number of carboxylic acid groups (broad SMARTS) is 1. The Morgan fingerprint density at radius 1 is 1.23 bits per heavy atom. The van der Waals surface area contributed by atoms with Gasteiger partial charge in [-0.2, -0.15) is 5.26 Å². The quantitative estimate of drug-likeness (QED) is 0.365. The van der Waals surface area contributed by atoms with Gasteiger partial charge in [0.05, 0.1) is 17.2 Å². The van der Waals surface area contributed by atoms with E-state index in [1.807, 2.05) is 23.1 Å². The molecule has 0 spiro atoms. The van der Waals surface area contributed by atoms with Crippen LogP contribution in [0.3, 0.4) is 0 Å². The van der Waals surface area contributed by atoms with Crippen LogP contribution in [0.25, 0.3) is 0 Å². The number of carbonyl (C=O) groups excluding carboxylic acids is 1. The third-order valence-electron chi connectivity index (χ3n) is 7.88. The topological polar surface area (TPSA) is 112 Å². The number of anilines is 1. The highest BCUT2D eigenvalue weighted by molar-refractivity contribution is 6.31. The molecule has 1 atom stereocenters. The van der Waals surface area contributed by atoms with Crippen LogP contribution >= 0.6 is 11.6 Å². The van der Waals surface area contributed by atoms with Crippen molar-refractivity contribution in [3.05, 3.63) is 58.1 Å². The van der Waals surface area contributed by atoms with Crippen molar-refractivity contribution in [2.24, 2.45) is 10.8 Å². The number of hydrogen-bond donors (Lipinski definition) is 2. The molecule has 1 unspecified atom stereocenters. The molecule has 8 nitrogen and oxygen atoms in total. The molecule has 208 valence electrons. The molecule has 2 aliphatic rings. The number of ether oxygens (including phenoxy) is 2. The fraction of sp³-hybridized carbons (Fsp3) is 0.500. The smallest absolute Gasteiger partial charge is 0.329 e. The summed E-state index contributed by atoms with van der Waals surface area (Å²) in [7, 11) is 0. The van der Waals surface area contributed by atoms with Crippen LogP contribution in [0.1, 0.15) is 68.9 Å². The van der Waals surface area contributed by atoms with Gasteiger partial charge in [0, 0.05) is 46.8 Å². The van der Waals surface area contributed by atoms with Crippen molar-refractivity contribution in [2.45, 2.75) is 72.2 Å². The summed E-state index contributed by atoms with van der Waals surface area (Å²) in [6, 6.07) is 12.9. The zero-order valence-electron chi connectivity index (χ0n) is 23.1. The number of carbonyl (C=O) groups is 2. The maximum absolute atomic E-state index is 13.7. The Labute approximate surface area is 234 Å². The van der Waals surface area contributed by atoms with Crippen molar-refractivity contribution in [1.82, 2.24) is 4.90 Å². The molecule has 1 saturated carbocycles. The number of hydrogen-bond acceptors (Lipinski definition) is 6. The summed E-state index contributed by atoms with van der Waals surface area (Å²) in [5.41, 5.74) is 2.20. The minimum atomic E-state index is -0.997. The molecule has 39 heavy (non-hydrogen) atoms. The molecule has 0 aromatic heterocycles. The fourth-order valence-corrected chi connectivity index (χ4v) is 6.92. The second kappa shape index (κ2) is 11.1. The molecule has 9 heteroatoms. The summed E-state index contributed by atoms with van der Waals surface area (Å²) in [5.74, 6) is -0.401. The lowest BCUT2D eigenvalue weighted by atomic mass is 9.49. The van der Waals surface area contributed by atoms with Crippen LogP contribution in [0.4, 0.5) is 5.69 Å². The summed E-state index contributed by atoms with van der Waals surface area (Å²) >= 11 is 6.23. The molecule has 1 heterocycles. The predicted octanol–water partition coefficient (Wildman–Crippen LogP) is 5.73. The predicted molar refractivity (Wildman–Crippen MR) is 149 cm³/mol. The van der Waals surface area contributed by atoms with Crippen molar-refractivity contribution < 1.29 is 24.2 Å². The van der Waals surface area contributed by atoms with Gasteiger partial charge in [0.15, 0.2) is 0 Å². The van der Waals surface area contributed by atoms with Crippen LogP contribution < -0.4 is 10.1 Å². The summed E-state index contributed by atoms with van der Waals surface area (Å²) < 4.78 is 11.7. The van der Waals surface area contributed by atoms with Crippen LogP contribution in [0.5, 0.6) is 5.75 Å². The first kappa shape index (κ1) is 28.7. The second-order valence-electron chi connectivity index (χ2n) is 11.6. The minimum absolute atomic E-state index is 0.00571. The van der Waals surface area contributed by atoms with Crippen molar-refractivity contribution >= 4 is 29.2 Å². The first-order chi connectivity index (χ1) is 18.4. The normalized spacial score (nSPS) is 21.5. The summed E-state index contributed by atoms with van der Waals surface area (Å²) in [6.45, 7) is 11.0. The summed E-state index contributed by atoms with van der Waals surface area (Å²) in [5, 5.41) is 21.8. The Bertz CT molecular complexity index is 1290. The van der Waals surface area contributed by atoms with E-state index in [4.69, 9.17) is 31.4 Å². The Hall–Kier alpha value is -3.28. The number of aliphatic carboxylic acids is 1. The van der Waals surface area contributed by atoms with Gasteiger partial charge >= 0.3 is 5.97 Å². The van der Waals surface area contributed by atoms with Gasteiger partial charge in [0.2, 0.25) is 0 Å².